The van der Waals surface area contributed by atoms with Gasteiger partial charge in [-0.2, -0.15) is 0 Å². The summed E-state index contributed by atoms with van der Waals surface area (Å²) in [7, 11) is 0. The van der Waals surface area contributed by atoms with E-state index < -0.39 is 11.7 Å². The zero-order chi connectivity index (χ0) is 18.8. The molecule has 2 aromatic heterocycles. The number of benzene rings is 1. The molecule has 136 valence electrons. The SMILES string of the molecule is CC1COc2ccc(-c3cncnc3)cc2CN1C(=O)c1ncccc1F. The van der Waals surface area contributed by atoms with Crippen molar-refractivity contribution < 1.29 is 13.9 Å². The third-order valence-corrected chi connectivity index (χ3v) is 4.53. The first-order valence-electron chi connectivity index (χ1n) is 8.56. The van der Waals surface area contributed by atoms with E-state index in [1.807, 2.05) is 25.1 Å². The summed E-state index contributed by atoms with van der Waals surface area (Å²) < 4.78 is 19.9. The minimum absolute atomic E-state index is 0.180. The Morgan fingerprint density at radius 1 is 1.22 bits per heavy atom. The fourth-order valence-corrected chi connectivity index (χ4v) is 3.06. The molecule has 1 aliphatic heterocycles. The number of amides is 1. The predicted octanol–water partition coefficient (Wildman–Crippen LogP) is 3.10. The van der Waals surface area contributed by atoms with E-state index in [-0.39, 0.29) is 11.7 Å². The van der Waals surface area contributed by atoms with E-state index >= 15 is 0 Å². The molecule has 1 amide bonds. The van der Waals surface area contributed by atoms with Crippen LogP contribution in [0.3, 0.4) is 0 Å². The van der Waals surface area contributed by atoms with Crippen molar-refractivity contribution in [1.82, 2.24) is 19.9 Å². The second-order valence-corrected chi connectivity index (χ2v) is 6.38. The monoisotopic (exact) mass is 364 g/mol. The van der Waals surface area contributed by atoms with Crippen molar-refractivity contribution >= 4 is 5.91 Å². The zero-order valence-corrected chi connectivity index (χ0v) is 14.7. The highest BCUT2D eigenvalue weighted by atomic mass is 19.1. The van der Waals surface area contributed by atoms with E-state index in [2.05, 4.69) is 15.0 Å². The van der Waals surface area contributed by atoms with Crippen LogP contribution < -0.4 is 4.74 Å². The van der Waals surface area contributed by atoms with E-state index in [0.717, 1.165) is 16.7 Å². The molecule has 7 heteroatoms. The molecule has 0 bridgehead atoms. The predicted molar refractivity (Wildman–Crippen MR) is 96.5 cm³/mol. The summed E-state index contributed by atoms with van der Waals surface area (Å²) in [6.07, 6.45) is 6.33. The molecule has 1 atom stereocenters. The quantitative estimate of drug-likeness (QED) is 0.699. The molecule has 0 saturated heterocycles. The first-order valence-corrected chi connectivity index (χ1v) is 8.56. The Balaban J connectivity index is 1.69. The molecule has 0 aliphatic carbocycles. The molecular weight excluding hydrogens is 347 g/mol. The largest absolute Gasteiger partial charge is 0.491 e. The molecule has 1 unspecified atom stereocenters. The van der Waals surface area contributed by atoms with Gasteiger partial charge in [0.2, 0.25) is 0 Å². The smallest absolute Gasteiger partial charge is 0.276 e. The molecule has 27 heavy (non-hydrogen) atoms. The van der Waals surface area contributed by atoms with Gasteiger partial charge in [-0.15, -0.1) is 0 Å². The third kappa shape index (κ3) is 3.36. The number of nitrogens with zero attached hydrogens (tertiary/aromatic N) is 4. The molecule has 6 nitrogen and oxygen atoms in total. The van der Waals surface area contributed by atoms with Crippen LogP contribution >= 0.6 is 0 Å². The van der Waals surface area contributed by atoms with Crippen LogP contribution in [0.1, 0.15) is 23.0 Å². The number of pyridine rings is 1. The number of hydrogen-bond donors (Lipinski definition) is 0. The number of fused-ring (bicyclic) bond motifs is 1. The van der Waals surface area contributed by atoms with Crippen molar-refractivity contribution in [2.45, 2.75) is 19.5 Å². The Morgan fingerprint density at radius 3 is 2.81 bits per heavy atom. The molecule has 4 rings (SSSR count). The van der Waals surface area contributed by atoms with Crippen LogP contribution in [-0.4, -0.2) is 38.4 Å². The molecule has 3 aromatic rings. The van der Waals surface area contributed by atoms with E-state index in [1.54, 1.807) is 17.3 Å². The number of carbonyl (C=O) groups excluding carboxylic acids is 1. The number of rotatable bonds is 2. The van der Waals surface area contributed by atoms with E-state index in [1.165, 1.54) is 24.7 Å². The second kappa shape index (κ2) is 7.11. The van der Waals surface area contributed by atoms with E-state index in [4.69, 9.17) is 4.74 Å². The summed E-state index contributed by atoms with van der Waals surface area (Å²) in [5.74, 6) is -0.375. The fourth-order valence-electron chi connectivity index (χ4n) is 3.06. The van der Waals surface area contributed by atoms with E-state index in [0.29, 0.717) is 18.9 Å². The van der Waals surface area contributed by atoms with Gasteiger partial charge in [0.05, 0.1) is 12.6 Å². The second-order valence-electron chi connectivity index (χ2n) is 6.38. The summed E-state index contributed by atoms with van der Waals surface area (Å²) in [6.45, 7) is 2.49. The average Bonchev–Trinajstić information content (AvgIpc) is 2.87. The summed E-state index contributed by atoms with van der Waals surface area (Å²) in [5, 5.41) is 0. The highest BCUT2D eigenvalue weighted by molar-refractivity contribution is 5.92. The van der Waals surface area contributed by atoms with Crippen molar-refractivity contribution in [3.05, 3.63) is 72.3 Å². The molecule has 0 saturated carbocycles. The van der Waals surface area contributed by atoms with Gasteiger partial charge in [0.25, 0.3) is 5.91 Å². The summed E-state index contributed by atoms with van der Waals surface area (Å²) in [6, 6.07) is 8.22. The van der Waals surface area contributed by atoms with Gasteiger partial charge in [-0.3, -0.25) is 4.79 Å². The lowest BCUT2D eigenvalue weighted by atomic mass is 10.0. The minimum atomic E-state index is -0.629. The standard InChI is InChI=1S/C20H17FN4O2/c1-13-11-27-18-5-4-14(16-8-22-12-23-9-16)7-15(18)10-25(13)20(26)19-17(21)3-2-6-24-19/h2-9,12-13H,10-11H2,1H3. The third-order valence-electron chi connectivity index (χ3n) is 4.53. The van der Waals surface area contributed by atoms with Crippen LogP contribution in [0.15, 0.2) is 55.2 Å². The Hall–Kier alpha value is -3.35. The lowest BCUT2D eigenvalue weighted by molar-refractivity contribution is 0.0634. The number of ether oxygens (including phenoxy) is 1. The minimum Gasteiger partial charge on any atom is -0.491 e. The molecule has 1 aliphatic rings. The van der Waals surface area contributed by atoms with Gasteiger partial charge in [0, 0.05) is 29.7 Å². The molecule has 3 heterocycles. The maximum atomic E-state index is 14.0. The van der Waals surface area contributed by atoms with E-state index in [9.17, 15) is 9.18 Å². The Morgan fingerprint density at radius 2 is 2.04 bits per heavy atom. The van der Waals surface area contributed by atoms with Gasteiger partial charge in [-0.05, 0) is 36.8 Å². The zero-order valence-electron chi connectivity index (χ0n) is 14.7. The van der Waals surface area contributed by atoms with Crippen LogP contribution in [0.5, 0.6) is 5.75 Å². The summed E-state index contributed by atoms with van der Waals surface area (Å²) in [5.41, 5.74) is 2.45. The number of aromatic nitrogens is 3. The lowest BCUT2D eigenvalue weighted by Crippen LogP contribution is -2.40. The summed E-state index contributed by atoms with van der Waals surface area (Å²) in [4.78, 5) is 26.5. The Bertz CT molecular complexity index is 981. The highest BCUT2D eigenvalue weighted by Crippen LogP contribution is 2.30. The molecule has 0 N–H and O–H groups in total. The summed E-state index contributed by atoms with van der Waals surface area (Å²) >= 11 is 0. The van der Waals surface area contributed by atoms with Crippen LogP contribution in [0.4, 0.5) is 4.39 Å². The van der Waals surface area contributed by atoms with Crippen molar-refractivity contribution in [2.75, 3.05) is 6.61 Å². The average molecular weight is 364 g/mol. The van der Waals surface area contributed by atoms with Gasteiger partial charge in [-0.25, -0.2) is 19.3 Å². The number of carbonyl (C=O) groups is 1. The van der Waals surface area contributed by atoms with Crippen molar-refractivity contribution in [2.24, 2.45) is 0 Å². The fraction of sp³-hybridized carbons (Fsp3) is 0.200. The van der Waals surface area contributed by atoms with Crippen LogP contribution in [0, 0.1) is 5.82 Å². The topological polar surface area (TPSA) is 68.2 Å². The first-order chi connectivity index (χ1) is 13.1. The molecule has 0 radical (unpaired) electrons. The first kappa shape index (κ1) is 17.1. The van der Waals surface area contributed by atoms with Crippen molar-refractivity contribution in [3.8, 4) is 16.9 Å². The van der Waals surface area contributed by atoms with Gasteiger partial charge < -0.3 is 9.64 Å². The molecular formula is C20H17FN4O2. The van der Waals surface area contributed by atoms with Gasteiger partial charge in [0.1, 0.15) is 18.7 Å². The molecule has 0 fully saturated rings. The van der Waals surface area contributed by atoms with Crippen molar-refractivity contribution in [3.63, 3.8) is 0 Å². The maximum absolute atomic E-state index is 14.0. The van der Waals surface area contributed by atoms with Crippen LogP contribution in [0.2, 0.25) is 0 Å². The molecule has 0 spiro atoms. The van der Waals surface area contributed by atoms with Crippen molar-refractivity contribution in [1.29, 1.82) is 0 Å². The maximum Gasteiger partial charge on any atom is 0.276 e. The molecule has 1 aromatic carbocycles. The van der Waals surface area contributed by atoms with Crippen LogP contribution in [-0.2, 0) is 6.54 Å². The Labute approximate surface area is 155 Å². The lowest BCUT2D eigenvalue weighted by Gasteiger charge is -2.26. The number of halogens is 1. The highest BCUT2D eigenvalue weighted by Gasteiger charge is 2.29. The Kier molecular flexibility index (Phi) is 4.50. The number of hydrogen-bond acceptors (Lipinski definition) is 5. The van der Waals surface area contributed by atoms with Crippen LogP contribution in [0.25, 0.3) is 11.1 Å². The van der Waals surface area contributed by atoms with Gasteiger partial charge in [0.15, 0.2) is 11.5 Å². The van der Waals surface area contributed by atoms with Gasteiger partial charge >= 0.3 is 0 Å². The normalized spacial score (nSPS) is 16.2. The van der Waals surface area contributed by atoms with Gasteiger partial charge in [-0.1, -0.05) is 6.07 Å².